The number of hydrogen-bond donors (Lipinski definition) is 1. The second-order valence-corrected chi connectivity index (χ2v) is 4.87. The maximum absolute atomic E-state index is 13.5. The maximum atomic E-state index is 13.5. The third kappa shape index (κ3) is 3.11. The van der Waals surface area contributed by atoms with Crippen molar-refractivity contribution in [3.63, 3.8) is 0 Å². The number of aliphatic hydroxyl groups excluding tert-OH is 1. The Hall–Kier alpha value is -1.33. The molecule has 0 radical (unpaired) electrons. The first-order valence-electron chi connectivity index (χ1n) is 5.71. The molecule has 0 saturated carbocycles. The number of rotatable bonds is 5. The predicted octanol–water partition coefficient (Wildman–Crippen LogP) is 3.40. The van der Waals surface area contributed by atoms with Crippen LogP contribution in [0.2, 0.25) is 0 Å². The molecule has 0 saturated heterocycles. The molecule has 0 aliphatic carbocycles. The quantitative estimate of drug-likeness (QED) is 0.844. The van der Waals surface area contributed by atoms with Crippen LogP contribution in [-0.4, -0.2) is 16.7 Å². The van der Waals surface area contributed by atoms with Crippen LogP contribution < -0.4 is 0 Å². The van der Waals surface area contributed by atoms with Crippen LogP contribution >= 0.6 is 11.3 Å². The first-order valence-corrected chi connectivity index (χ1v) is 6.59. The fourth-order valence-corrected chi connectivity index (χ4v) is 2.48. The lowest BCUT2D eigenvalue weighted by atomic mass is 10.1. The van der Waals surface area contributed by atoms with Crippen molar-refractivity contribution in [3.05, 3.63) is 40.2 Å². The van der Waals surface area contributed by atoms with Gasteiger partial charge in [-0.15, -0.1) is 11.3 Å². The molecule has 1 heterocycles. The first-order chi connectivity index (χ1) is 8.70. The van der Waals surface area contributed by atoms with Gasteiger partial charge < -0.3 is 5.11 Å². The molecule has 0 fully saturated rings. The average Bonchev–Trinajstić information content (AvgIpc) is 2.78. The van der Waals surface area contributed by atoms with Crippen LogP contribution in [0.3, 0.4) is 0 Å². The normalized spacial score (nSPS) is 10.8. The van der Waals surface area contributed by atoms with Crippen LogP contribution in [0.4, 0.5) is 8.78 Å². The second kappa shape index (κ2) is 6.02. The number of aromatic nitrogens is 1. The number of benzene rings is 1. The van der Waals surface area contributed by atoms with Crippen molar-refractivity contribution in [2.45, 2.75) is 19.3 Å². The topological polar surface area (TPSA) is 33.1 Å². The molecule has 2 aromatic rings. The van der Waals surface area contributed by atoms with Gasteiger partial charge in [0.2, 0.25) is 0 Å². The summed E-state index contributed by atoms with van der Waals surface area (Å²) in [6.07, 6.45) is 2.36. The minimum absolute atomic E-state index is 0.171. The lowest BCUT2D eigenvalue weighted by Crippen LogP contribution is -1.90. The highest BCUT2D eigenvalue weighted by molar-refractivity contribution is 7.09. The van der Waals surface area contributed by atoms with E-state index in [4.69, 9.17) is 5.11 Å². The standard InChI is InChI=1S/C13H13F2NOS/c14-9-4-5-10(11(15)7-9)12-8-18-13(16-12)3-1-2-6-17/h4-5,7-8,17H,1-3,6H2. The van der Waals surface area contributed by atoms with E-state index in [1.54, 1.807) is 5.38 Å². The second-order valence-electron chi connectivity index (χ2n) is 3.93. The van der Waals surface area contributed by atoms with E-state index in [0.29, 0.717) is 11.3 Å². The van der Waals surface area contributed by atoms with Gasteiger partial charge in [-0.05, 0) is 31.4 Å². The van der Waals surface area contributed by atoms with Crippen LogP contribution in [0.1, 0.15) is 17.8 Å². The summed E-state index contributed by atoms with van der Waals surface area (Å²) in [5.74, 6) is -1.18. The Morgan fingerprint density at radius 2 is 2.06 bits per heavy atom. The zero-order chi connectivity index (χ0) is 13.0. The highest BCUT2D eigenvalue weighted by Gasteiger charge is 2.10. The van der Waals surface area contributed by atoms with Gasteiger partial charge in [0.05, 0.1) is 10.7 Å². The minimum Gasteiger partial charge on any atom is -0.396 e. The maximum Gasteiger partial charge on any atom is 0.135 e. The first kappa shape index (κ1) is 13.1. The van der Waals surface area contributed by atoms with Gasteiger partial charge in [0.15, 0.2) is 0 Å². The van der Waals surface area contributed by atoms with Crippen molar-refractivity contribution in [1.29, 1.82) is 0 Å². The third-order valence-electron chi connectivity index (χ3n) is 2.56. The highest BCUT2D eigenvalue weighted by atomic mass is 32.1. The summed E-state index contributed by atoms with van der Waals surface area (Å²) in [4.78, 5) is 4.32. The van der Waals surface area contributed by atoms with Gasteiger partial charge in [0.1, 0.15) is 11.6 Å². The van der Waals surface area contributed by atoms with E-state index in [9.17, 15) is 8.78 Å². The summed E-state index contributed by atoms with van der Waals surface area (Å²) >= 11 is 1.45. The van der Waals surface area contributed by atoms with E-state index in [0.717, 1.165) is 30.3 Å². The average molecular weight is 269 g/mol. The molecule has 5 heteroatoms. The molecule has 0 bridgehead atoms. The molecule has 0 aliphatic rings. The van der Waals surface area contributed by atoms with Crippen LogP contribution in [0, 0.1) is 11.6 Å². The van der Waals surface area contributed by atoms with E-state index in [1.807, 2.05) is 0 Å². The van der Waals surface area contributed by atoms with Crippen molar-refractivity contribution in [1.82, 2.24) is 4.98 Å². The van der Waals surface area contributed by atoms with Gasteiger partial charge in [0.25, 0.3) is 0 Å². The SMILES string of the molecule is OCCCCc1nc(-c2ccc(F)cc2F)cs1. The largest absolute Gasteiger partial charge is 0.396 e. The Bertz CT molecular complexity index is 527. The molecule has 96 valence electrons. The summed E-state index contributed by atoms with van der Waals surface area (Å²) in [6.45, 7) is 0.171. The van der Waals surface area contributed by atoms with E-state index < -0.39 is 11.6 Å². The zero-order valence-electron chi connectivity index (χ0n) is 9.70. The molecule has 1 N–H and O–H groups in total. The van der Waals surface area contributed by atoms with Crippen molar-refractivity contribution in [3.8, 4) is 11.3 Å². The number of thiazole rings is 1. The number of aryl methyl sites for hydroxylation is 1. The van der Waals surface area contributed by atoms with Gasteiger partial charge in [-0.25, -0.2) is 13.8 Å². The number of aliphatic hydroxyl groups is 1. The van der Waals surface area contributed by atoms with Gasteiger partial charge in [0, 0.05) is 23.6 Å². The van der Waals surface area contributed by atoms with E-state index in [2.05, 4.69) is 4.98 Å². The molecule has 0 aliphatic heterocycles. The van der Waals surface area contributed by atoms with Gasteiger partial charge in [-0.3, -0.25) is 0 Å². The van der Waals surface area contributed by atoms with Crippen molar-refractivity contribution in [2.75, 3.05) is 6.61 Å². The summed E-state index contributed by atoms with van der Waals surface area (Å²) in [7, 11) is 0. The summed E-state index contributed by atoms with van der Waals surface area (Å²) < 4.78 is 26.3. The van der Waals surface area contributed by atoms with E-state index in [-0.39, 0.29) is 6.61 Å². The fourth-order valence-electron chi connectivity index (χ4n) is 1.63. The monoisotopic (exact) mass is 269 g/mol. The van der Waals surface area contributed by atoms with Crippen molar-refractivity contribution >= 4 is 11.3 Å². The van der Waals surface area contributed by atoms with E-state index in [1.165, 1.54) is 23.5 Å². The van der Waals surface area contributed by atoms with E-state index >= 15 is 0 Å². The molecule has 1 aromatic carbocycles. The van der Waals surface area contributed by atoms with Gasteiger partial charge in [-0.1, -0.05) is 0 Å². The number of unbranched alkanes of at least 4 members (excludes halogenated alkanes) is 1. The van der Waals surface area contributed by atoms with Crippen LogP contribution in [0.25, 0.3) is 11.3 Å². The molecule has 18 heavy (non-hydrogen) atoms. The lowest BCUT2D eigenvalue weighted by Gasteiger charge is -1.99. The Morgan fingerprint density at radius 1 is 1.22 bits per heavy atom. The third-order valence-corrected chi connectivity index (χ3v) is 3.47. The Balaban J connectivity index is 2.13. The molecule has 0 amide bonds. The van der Waals surface area contributed by atoms with Crippen molar-refractivity contribution in [2.24, 2.45) is 0 Å². The smallest absolute Gasteiger partial charge is 0.135 e. The van der Waals surface area contributed by atoms with Crippen LogP contribution in [0.5, 0.6) is 0 Å². The number of hydrogen-bond acceptors (Lipinski definition) is 3. The Labute approximate surface area is 108 Å². The highest BCUT2D eigenvalue weighted by Crippen LogP contribution is 2.25. The van der Waals surface area contributed by atoms with Gasteiger partial charge >= 0.3 is 0 Å². The predicted molar refractivity (Wildman–Crippen MR) is 67.5 cm³/mol. The summed E-state index contributed by atoms with van der Waals surface area (Å²) in [5.41, 5.74) is 0.859. The molecule has 2 rings (SSSR count). The van der Waals surface area contributed by atoms with Gasteiger partial charge in [-0.2, -0.15) is 0 Å². The molecular weight excluding hydrogens is 256 g/mol. The zero-order valence-corrected chi connectivity index (χ0v) is 10.5. The molecule has 0 atom stereocenters. The molecule has 1 aromatic heterocycles. The minimum atomic E-state index is -0.595. The van der Waals surface area contributed by atoms with Crippen LogP contribution in [-0.2, 0) is 6.42 Å². The molecule has 0 spiro atoms. The molecule has 0 unspecified atom stereocenters. The van der Waals surface area contributed by atoms with Crippen molar-refractivity contribution < 1.29 is 13.9 Å². The summed E-state index contributed by atoms with van der Waals surface area (Å²) in [6, 6.07) is 3.49. The lowest BCUT2D eigenvalue weighted by molar-refractivity contribution is 0.284. The summed E-state index contributed by atoms with van der Waals surface area (Å²) in [5, 5.41) is 11.4. The fraction of sp³-hybridized carbons (Fsp3) is 0.308. The Kier molecular flexibility index (Phi) is 4.38. The number of nitrogens with zero attached hydrogens (tertiary/aromatic N) is 1. The number of halogens is 2. The molecule has 2 nitrogen and oxygen atoms in total. The Morgan fingerprint density at radius 3 is 2.78 bits per heavy atom. The molecular formula is C13H13F2NOS. The van der Waals surface area contributed by atoms with Crippen LogP contribution in [0.15, 0.2) is 23.6 Å².